The molecule has 0 aliphatic rings. The fourth-order valence-electron chi connectivity index (χ4n) is 2.70. The molecule has 0 unspecified atom stereocenters. The summed E-state index contributed by atoms with van der Waals surface area (Å²) < 4.78 is 1.84. The van der Waals surface area contributed by atoms with Gasteiger partial charge in [-0.15, -0.1) is 0 Å². The molecular weight excluding hydrogens is 252 g/mol. The molecule has 1 N–H and O–H groups in total. The van der Waals surface area contributed by atoms with Gasteiger partial charge in [-0.1, -0.05) is 17.7 Å². The van der Waals surface area contributed by atoms with Gasteiger partial charge in [0, 0.05) is 19.0 Å². The zero-order chi connectivity index (χ0) is 14.9. The smallest absolute Gasteiger partial charge is 0.303 e. The summed E-state index contributed by atoms with van der Waals surface area (Å²) in [7, 11) is 1.90. The second kappa shape index (κ2) is 5.49. The molecule has 0 fully saturated rings. The first-order chi connectivity index (χ1) is 9.38. The second-order valence-electron chi connectivity index (χ2n) is 5.31. The number of nitrogens with zero attached hydrogens (tertiary/aromatic N) is 2. The quantitative estimate of drug-likeness (QED) is 0.930. The van der Waals surface area contributed by atoms with Crippen LogP contribution in [0.15, 0.2) is 18.2 Å². The lowest BCUT2D eigenvalue weighted by Crippen LogP contribution is -1.99. The highest BCUT2D eigenvalue weighted by Gasteiger charge is 2.13. The molecule has 1 aromatic heterocycles. The summed E-state index contributed by atoms with van der Waals surface area (Å²) in [5.41, 5.74) is 6.74. The summed E-state index contributed by atoms with van der Waals surface area (Å²) in [6.07, 6.45) is 0.579. The Labute approximate surface area is 119 Å². The van der Waals surface area contributed by atoms with Crippen LogP contribution in [0, 0.1) is 20.8 Å². The molecule has 1 heterocycles. The van der Waals surface area contributed by atoms with Crippen molar-refractivity contribution in [2.45, 2.75) is 33.6 Å². The molecule has 2 rings (SSSR count). The highest BCUT2D eigenvalue weighted by atomic mass is 16.4. The SMILES string of the molecule is Cc1cc(C)c(-c2cc(CCC(=O)O)nn2C)c(C)c1. The average Bonchev–Trinajstić information content (AvgIpc) is 2.67. The molecular formula is C16H20N2O2. The number of carboxylic acids is 1. The Hall–Kier alpha value is -2.10. The average molecular weight is 272 g/mol. The second-order valence-corrected chi connectivity index (χ2v) is 5.31. The maximum atomic E-state index is 10.6. The number of hydrogen-bond donors (Lipinski definition) is 1. The Morgan fingerprint density at radius 2 is 1.80 bits per heavy atom. The van der Waals surface area contributed by atoms with Crippen LogP contribution in [0.3, 0.4) is 0 Å². The van der Waals surface area contributed by atoms with Gasteiger partial charge in [-0.2, -0.15) is 5.10 Å². The first-order valence-electron chi connectivity index (χ1n) is 6.71. The minimum atomic E-state index is -0.792. The highest BCUT2D eigenvalue weighted by Crippen LogP contribution is 2.28. The number of aliphatic carboxylic acids is 1. The number of rotatable bonds is 4. The van der Waals surface area contributed by atoms with Crippen molar-refractivity contribution in [3.05, 3.63) is 40.6 Å². The summed E-state index contributed by atoms with van der Waals surface area (Å²) >= 11 is 0. The third-order valence-electron chi connectivity index (χ3n) is 3.46. The van der Waals surface area contributed by atoms with Crippen molar-refractivity contribution in [1.82, 2.24) is 9.78 Å². The molecule has 0 spiro atoms. The molecule has 0 saturated heterocycles. The molecule has 0 amide bonds. The van der Waals surface area contributed by atoms with Gasteiger partial charge in [-0.05, 0) is 38.0 Å². The van der Waals surface area contributed by atoms with Crippen LogP contribution >= 0.6 is 0 Å². The van der Waals surface area contributed by atoms with Crippen molar-refractivity contribution in [2.75, 3.05) is 0 Å². The molecule has 4 heteroatoms. The van der Waals surface area contributed by atoms with Gasteiger partial charge in [0.15, 0.2) is 0 Å². The molecule has 2 aromatic rings. The predicted octanol–water partition coefficient (Wildman–Crippen LogP) is 3.03. The van der Waals surface area contributed by atoms with Crippen molar-refractivity contribution < 1.29 is 9.90 Å². The van der Waals surface area contributed by atoms with Gasteiger partial charge in [0.2, 0.25) is 0 Å². The van der Waals surface area contributed by atoms with E-state index < -0.39 is 5.97 Å². The van der Waals surface area contributed by atoms with Crippen molar-refractivity contribution in [1.29, 1.82) is 0 Å². The van der Waals surface area contributed by atoms with Crippen LogP contribution in [-0.4, -0.2) is 20.9 Å². The number of carboxylic acid groups (broad SMARTS) is 1. The number of benzene rings is 1. The molecule has 1 aromatic carbocycles. The largest absolute Gasteiger partial charge is 0.481 e. The van der Waals surface area contributed by atoms with E-state index in [9.17, 15) is 4.79 Å². The van der Waals surface area contributed by atoms with Gasteiger partial charge < -0.3 is 5.11 Å². The van der Waals surface area contributed by atoms with Crippen molar-refractivity contribution in [3.63, 3.8) is 0 Å². The normalized spacial score (nSPS) is 10.8. The number of hydrogen-bond acceptors (Lipinski definition) is 2. The fraction of sp³-hybridized carbons (Fsp3) is 0.375. The molecule has 106 valence electrons. The maximum Gasteiger partial charge on any atom is 0.303 e. The third-order valence-corrected chi connectivity index (χ3v) is 3.46. The summed E-state index contributed by atoms with van der Waals surface area (Å²) in [4.78, 5) is 10.6. The Morgan fingerprint density at radius 1 is 1.20 bits per heavy atom. The van der Waals surface area contributed by atoms with Crippen LogP contribution in [0.25, 0.3) is 11.3 Å². The van der Waals surface area contributed by atoms with Crippen LogP contribution in [0.1, 0.15) is 28.8 Å². The summed E-state index contributed by atoms with van der Waals surface area (Å²) in [6.45, 7) is 6.28. The van der Waals surface area contributed by atoms with Gasteiger partial charge in [0.25, 0.3) is 0 Å². The van der Waals surface area contributed by atoms with Crippen molar-refractivity contribution in [2.24, 2.45) is 7.05 Å². The zero-order valence-corrected chi connectivity index (χ0v) is 12.4. The van der Waals surface area contributed by atoms with Crippen LogP contribution in [0.4, 0.5) is 0 Å². The lowest BCUT2D eigenvalue weighted by atomic mass is 9.97. The Morgan fingerprint density at radius 3 is 2.35 bits per heavy atom. The van der Waals surface area contributed by atoms with Gasteiger partial charge in [0.1, 0.15) is 0 Å². The van der Waals surface area contributed by atoms with E-state index in [-0.39, 0.29) is 6.42 Å². The lowest BCUT2D eigenvalue weighted by Gasteiger charge is -2.11. The minimum absolute atomic E-state index is 0.113. The fourth-order valence-corrected chi connectivity index (χ4v) is 2.70. The Kier molecular flexibility index (Phi) is 3.93. The topological polar surface area (TPSA) is 55.1 Å². The van der Waals surface area contributed by atoms with E-state index in [1.54, 1.807) is 0 Å². The number of carbonyl (C=O) groups is 1. The van der Waals surface area contributed by atoms with E-state index in [0.717, 1.165) is 11.4 Å². The molecule has 20 heavy (non-hydrogen) atoms. The number of aryl methyl sites for hydroxylation is 5. The van der Waals surface area contributed by atoms with E-state index in [1.807, 2.05) is 17.8 Å². The molecule has 0 saturated carbocycles. The van der Waals surface area contributed by atoms with Crippen LogP contribution < -0.4 is 0 Å². The Bertz CT molecular complexity index is 633. The van der Waals surface area contributed by atoms with E-state index in [4.69, 9.17) is 5.11 Å². The number of aromatic nitrogens is 2. The first-order valence-corrected chi connectivity index (χ1v) is 6.71. The van der Waals surface area contributed by atoms with E-state index in [0.29, 0.717) is 6.42 Å². The van der Waals surface area contributed by atoms with Crippen LogP contribution in [0.2, 0.25) is 0 Å². The molecule has 0 aliphatic carbocycles. The van der Waals surface area contributed by atoms with Crippen LogP contribution in [-0.2, 0) is 18.3 Å². The minimum Gasteiger partial charge on any atom is -0.481 e. The predicted molar refractivity (Wildman–Crippen MR) is 78.8 cm³/mol. The third kappa shape index (κ3) is 2.90. The summed E-state index contributed by atoms with van der Waals surface area (Å²) in [5.74, 6) is -0.792. The molecule has 0 radical (unpaired) electrons. The standard InChI is InChI=1S/C16H20N2O2/c1-10-7-11(2)16(12(3)8-10)14-9-13(17-18(14)4)5-6-15(19)20/h7-9H,5-6H2,1-4H3,(H,19,20). The molecule has 4 nitrogen and oxygen atoms in total. The van der Waals surface area contributed by atoms with E-state index in [1.165, 1.54) is 22.3 Å². The van der Waals surface area contributed by atoms with Crippen molar-refractivity contribution in [3.8, 4) is 11.3 Å². The maximum absolute atomic E-state index is 10.6. The van der Waals surface area contributed by atoms with E-state index >= 15 is 0 Å². The highest BCUT2D eigenvalue weighted by molar-refractivity contribution is 5.69. The zero-order valence-electron chi connectivity index (χ0n) is 12.4. The van der Waals surface area contributed by atoms with E-state index in [2.05, 4.69) is 38.0 Å². The molecule has 0 bridgehead atoms. The van der Waals surface area contributed by atoms with Gasteiger partial charge in [-0.3, -0.25) is 9.48 Å². The van der Waals surface area contributed by atoms with Gasteiger partial charge >= 0.3 is 5.97 Å². The van der Waals surface area contributed by atoms with Crippen molar-refractivity contribution >= 4 is 5.97 Å². The van der Waals surface area contributed by atoms with Gasteiger partial charge in [0.05, 0.1) is 17.8 Å². The monoisotopic (exact) mass is 272 g/mol. The lowest BCUT2D eigenvalue weighted by molar-refractivity contribution is -0.136. The first kappa shape index (κ1) is 14.3. The Balaban J connectivity index is 2.41. The molecule has 0 atom stereocenters. The summed E-state index contributed by atoms with van der Waals surface area (Å²) in [5, 5.41) is 13.2. The van der Waals surface area contributed by atoms with Gasteiger partial charge in [-0.25, -0.2) is 0 Å². The summed E-state index contributed by atoms with van der Waals surface area (Å²) in [6, 6.07) is 6.31. The molecule has 0 aliphatic heterocycles. The van der Waals surface area contributed by atoms with Crippen LogP contribution in [0.5, 0.6) is 0 Å².